The third-order valence-electron chi connectivity index (χ3n) is 3.37. The summed E-state index contributed by atoms with van der Waals surface area (Å²) in [5, 5.41) is 10.4. The van der Waals surface area contributed by atoms with Crippen molar-refractivity contribution in [2.45, 2.75) is 19.4 Å². The number of hydrogen-bond acceptors (Lipinski definition) is 3. The second-order valence-electron chi connectivity index (χ2n) is 4.68. The molecule has 1 aliphatic rings. The Kier molecular flexibility index (Phi) is 3.51. The summed E-state index contributed by atoms with van der Waals surface area (Å²) in [6.45, 7) is 1.59. The minimum atomic E-state index is 0.0201. The van der Waals surface area contributed by atoms with Crippen LogP contribution in [-0.2, 0) is 13.0 Å². The molecule has 1 aromatic carbocycles. The Hall–Kier alpha value is -1.81. The lowest BCUT2D eigenvalue weighted by Crippen LogP contribution is -2.25. The Bertz CT molecular complexity index is 578. The first kappa shape index (κ1) is 12.2. The van der Waals surface area contributed by atoms with E-state index in [1.54, 1.807) is 11.3 Å². The Labute approximate surface area is 116 Å². The van der Waals surface area contributed by atoms with Gasteiger partial charge in [-0.25, -0.2) is 0 Å². The van der Waals surface area contributed by atoms with Crippen molar-refractivity contribution in [3.8, 4) is 0 Å². The molecule has 0 fully saturated rings. The van der Waals surface area contributed by atoms with Crippen LogP contribution in [0.2, 0.25) is 0 Å². The van der Waals surface area contributed by atoms with Crippen LogP contribution in [0.1, 0.15) is 27.9 Å². The molecule has 2 N–H and O–H groups in total. The van der Waals surface area contributed by atoms with Crippen molar-refractivity contribution in [2.24, 2.45) is 0 Å². The molecular formula is C15H16N2OS. The van der Waals surface area contributed by atoms with Crippen LogP contribution in [0.5, 0.6) is 0 Å². The van der Waals surface area contributed by atoms with E-state index >= 15 is 0 Å². The van der Waals surface area contributed by atoms with Gasteiger partial charge in [0.25, 0.3) is 5.91 Å². The maximum absolute atomic E-state index is 12.3. The van der Waals surface area contributed by atoms with Crippen LogP contribution >= 0.6 is 11.3 Å². The van der Waals surface area contributed by atoms with Crippen molar-refractivity contribution in [3.63, 3.8) is 0 Å². The lowest BCUT2D eigenvalue weighted by molar-refractivity contribution is 0.0950. The number of thiophene rings is 1. The van der Waals surface area contributed by atoms with E-state index in [0.717, 1.165) is 41.8 Å². The summed E-state index contributed by atoms with van der Waals surface area (Å²) < 4.78 is 0. The van der Waals surface area contributed by atoms with Gasteiger partial charge in [0, 0.05) is 24.3 Å². The minimum absolute atomic E-state index is 0.0201. The molecule has 98 valence electrons. The normalized spacial score (nSPS) is 13.5. The van der Waals surface area contributed by atoms with E-state index in [4.69, 9.17) is 0 Å². The summed E-state index contributed by atoms with van der Waals surface area (Å²) in [5.74, 6) is 0.0201. The van der Waals surface area contributed by atoms with Crippen molar-refractivity contribution in [1.29, 1.82) is 0 Å². The number of anilines is 1. The third kappa shape index (κ3) is 2.63. The Morgan fingerprint density at radius 1 is 1.37 bits per heavy atom. The van der Waals surface area contributed by atoms with E-state index in [2.05, 4.69) is 16.0 Å². The predicted octanol–water partition coefficient (Wildman–Crippen LogP) is 3.04. The van der Waals surface area contributed by atoms with Crippen LogP contribution in [0.15, 0.2) is 35.0 Å². The third-order valence-corrected chi connectivity index (χ3v) is 4.10. The highest BCUT2D eigenvalue weighted by atomic mass is 32.1. The van der Waals surface area contributed by atoms with Gasteiger partial charge in [0.15, 0.2) is 0 Å². The highest BCUT2D eigenvalue weighted by molar-refractivity contribution is 7.07. The van der Waals surface area contributed by atoms with Gasteiger partial charge in [0.2, 0.25) is 0 Å². The number of benzene rings is 1. The van der Waals surface area contributed by atoms with E-state index in [1.165, 1.54) is 0 Å². The number of amides is 1. The largest absolute Gasteiger partial charge is 0.385 e. The molecule has 0 saturated heterocycles. The molecule has 2 heterocycles. The fourth-order valence-electron chi connectivity index (χ4n) is 2.39. The number of fused-ring (bicyclic) bond motifs is 1. The molecule has 1 aliphatic heterocycles. The van der Waals surface area contributed by atoms with E-state index in [1.807, 2.05) is 29.6 Å². The van der Waals surface area contributed by atoms with Crippen LogP contribution < -0.4 is 10.6 Å². The van der Waals surface area contributed by atoms with Crippen molar-refractivity contribution < 1.29 is 4.79 Å². The van der Waals surface area contributed by atoms with Crippen LogP contribution in [0, 0.1) is 0 Å². The zero-order chi connectivity index (χ0) is 13.1. The van der Waals surface area contributed by atoms with Crippen LogP contribution in [0.25, 0.3) is 0 Å². The fraction of sp³-hybridized carbons (Fsp3) is 0.267. The van der Waals surface area contributed by atoms with Crippen molar-refractivity contribution in [2.75, 3.05) is 11.9 Å². The predicted molar refractivity (Wildman–Crippen MR) is 78.7 cm³/mol. The van der Waals surface area contributed by atoms with Gasteiger partial charge in [0.1, 0.15) is 0 Å². The molecule has 0 saturated carbocycles. The van der Waals surface area contributed by atoms with Crippen molar-refractivity contribution in [3.05, 3.63) is 51.7 Å². The standard InChI is InChI=1S/C15H16N2OS/c18-15(17-9-11-6-8-19-10-11)13-3-1-5-14-12(13)4-2-7-16-14/h1,3,5-6,8,10,16H,2,4,7,9H2,(H,17,18). The monoisotopic (exact) mass is 272 g/mol. The number of carbonyl (C=O) groups excluding carboxylic acids is 1. The van der Waals surface area contributed by atoms with Gasteiger partial charge in [-0.2, -0.15) is 11.3 Å². The number of carbonyl (C=O) groups is 1. The van der Waals surface area contributed by atoms with Crippen LogP contribution in [0.3, 0.4) is 0 Å². The molecule has 3 rings (SSSR count). The van der Waals surface area contributed by atoms with Gasteiger partial charge < -0.3 is 10.6 Å². The second kappa shape index (κ2) is 5.45. The maximum atomic E-state index is 12.3. The number of rotatable bonds is 3. The molecule has 4 heteroatoms. The highest BCUT2D eigenvalue weighted by Gasteiger charge is 2.16. The fourth-order valence-corrected chi connectivity index (χ4v) is 3.06. The maximum Gasteiger partial charge on any atom is 0.251 e. The average Bonchev–Trinajstić information content (AvgIpc) is 2.97. The summed E-state index contributed by atoms with van der Waals surface area (Å²) in [4.78, 5) is 12.3. The molecule has 0 unspecified atom stereocenters. The first-order valence-corrected chi connectivity index (χ1v) is 7.44. The van der Waals surface area contributed by atoms with E-state index in [-0.39, 0.29) is 5.91 Å². The molecule has 1 aromatic heterocycles. The first-order chi connectivity index (χ1) is 9.34. The number of hydrogen-bond donors (Lipinski definition) is 2. The highest BCUT2D eigenvalue weighted by Crippen LogP contribution is 2.25. The summed E-state index contributed by atoms with van der Waals surface area (Å²) in [6.07, 6.45) is 2.06. The van der Waals surface area contributed by atoms with Crippen LogP contribution in [0.4, 0.5) is 5.69 Å². The smallest absolute Gasteiger partial charge is 0.251 e. The van der Waals surface area contributed by atoms with Gasteiger partial charge in [0.05, 0.1) is 0 Å². The molecule has 2 aromatic rings. The molecule has 1 amide bonds. The summed E-state index contributed by atoms with van der Waals surface area (Å²) in [5.41, 5.74) is 4.22. The molecular weight excluding hydrogens is 256 g/mol. The molecule has 0 radical (unpaired) electrons. The van der Waals surface area contributed by atoms with Gasteiger partial charge in [-0.1, -0.05) is 6.07 Å². The molecule has 0 spiro atoms. The summed E-state index contributed by atoms with van der Waals surface area (Å²) in [6, 6.07) is 7.93. The van der Waals surface area contributed by atoms with Crippen molar-refractivity contribution >= 4 is 22.9 Å². The van der Waals surface area contributed by atoms with Gasteiger partial charge in [-0.3, -0.25) is 4.79 Å². The lowest BCUT2D eigenvalue weighted by Gasteiger charge is -2.20. The minimum Gasteiger partial charge on any atom is -0.385 e. The number of nitrogens with one attached hydrogen (secondary N) is 2. The first-order valence-electron chi connectivity index (χ1n) is 6.49. The molecule has 19 heavy (non-hydrogen) atoms. The SMILES string of the molecule is O=C(NCc1ccsc1)c1cccc2c1CCCN2. The van der Waals surface area contributed by atoms with Gasteiger partial charge in [-0.15, -0.1) is 0 Å². The van der Waals surface area contributed by atoms with E-state index in [9.17, 15) is 4.79 Å². The average molecular weight is 272 g/mol. The zero-order valence-corrected chi connectivity index (χ0v) is 11.4. The van der Waals surface area contributed by atoms with E-state index < -0.39 is 0 Å². The Morgan fingerprint density at radius 2 is 2.32 bits per heavy atom. The zero-order valence-electron chi connectivity index (χ0n) is 10.6. The lowest BCUT2D eigenvalue weighted by atomic mass is 9.97. The quantitative estimate of drug-likeness (QED) is 0.901. The molecule has 3 nitrogen and oxygen atoms in total. The topological polar surface area (TPSA) is 41.1 Å². The van der Waals surface area contributed by atoms with Gasteiger partial charge in [-0.05, 0) is 52.9 Å². The summed E-state index contributed by atoms with van der Waals surface area (Å²) in [7, 11) is 0. The van der Waals surface area contributed by atoms with Gasteiger partial charge >= 0.3 is 0 Å². The van der Waals surface area contributed by atoms with Crippen LogP contribution in [-0.4, -0.2) is 12.5 Å². The Balaban J connectivity index is 1.76. The van der Waals surface area contributed by atoms with E-state index in [0.29, 0.717) is 6.54 Å². The molecule has 0 aliphatic carbocycles. The molecule has 0 bridgehead atoms. The second-order valence-corrected chi connectivity index (χ2v) is 5.46. The Morgan fingerprint density at radius 3 is 3.16 bits per heavy atom. The van der Waals surface area contributed by atoms with Crippen molar-refractivity contribution in [1.82, 2.24) is 5.32 Å². The molecule has 0 atom stereocenters. The summed E-state index contributed by atoms with van der Waals surface area (Å²) >= 11 is 1.65.